The highest BCUT2D eigenvalue weighted by molar-refractivity contribution is 7.88. The Balaban J connectivity index is 2.61. The van der Waals surface area contributed by atoms with E-state index in [4.69, 9.17) is 11.6 Å². The van der Waals surface area contributed by atoms with Gasteiger partial charge in [-0.1, -0.05) is 11.6 Å². The van der Waals surface area contributed by atoms with Crippen LogP contribution in [-0.2, 0) is 16.6 Å². The fourth-order valence-corrected chi connectivity index (χ4v) is 1.74. The fourth-order valence-electron chi connectivity index (χ4n) is 0.570. The average Bonchev–Trinajstić information content (AvgIpc) is 2.29. The van der Waals surface area contributed by atoms with Crippen LogP contribution >= 0.6 is 22.9 Å². The van der Waals surface area contributed by atoms with Crippen molar-refractivity contribution >= 4 is 33.0 Å². The van der Waals surface area contributed by atoms with Crippen molar-refractivity contribution in [2.24, 2.45) is 0 Å². The second-order valence-corrected chi connectivity index (χ2v) is 5.46. The van der Waals surface area contributed by atoms with E-state index in [2.05, 4.69) is 9.71 Å². The van der Waals surface area contributed by atoms with Crippen molar-refractivity contribution in [3.8, 4) is 0 Å². The van der Waals surface area contributed by atoms with Gasteiger partial charge in [-0.25, -0.2) is 18.1 Å². The van der Waals surface area contributed by atoms with Gasteiger partial charge in [0.15, 0.2) is 0 Å². The fraction of sp³-hybridized carbons (Fsp3) is 0.400. The van der Waals surface area contributed by atoms with E-state index in [-0.39, 0.29) is 6.54 Å². The summed E-state index contributed by atoms with van der Waals surface area (Å²) in [6.07, 6.45) is 1.09. The van der Waals surface area contributed by atoms with Gasteiger partial charge in [0.1, 0.15) is 4.34 Å². The molecule has 1 heterocycles. The number of sulfonamides is 1. The van der Waals surface area contributed by atoms with Gasteiger partial charge < -0.3 is 0 Å². The monoisotopic (exact) mass is 226 g/mol. The van der Waals surface area contributed by atoms with Crippen molar-refractivity contribution in [3.63, 3.8) is 0 Å². The maximum Gasteiger partial charge on any atom is 0.209 e. The van der Waals surface area contributed by atoms with Crippen molar-refractivity contribution in [2.45, 2.75) is 6.54 Å². The van der Waals surface area contributed by atoms with Crippen LogP contribution in [-0.4, -0.2) is 19.7 Å². The predicted molar refractivity (Wildman–Crippen MR) is 48.8 cm³/mol. The summed E-state index contributed by atoms with van der Waals surface area (Å²) in [5.41, 5.74) is 2.13. The van der Waals surface area contributed by atoms with Crippen LogP contribution in [0.2, 0.25) is 4.34 Å². The summed E-state index contributed by atoms with van der Waals surface area (Å²) in [4.78, 5) is 3.88. The van der Waals surface area contributed by atoms with Gasteiger partial charge in [-0.2, -0.15) is 0 Å². The van der Waals surface area contributed by atoms with E-state index < -0.39 is 10.0 Å². The van der Waals surface area contributed by atoms with Crippen LogP contribution in [0.15, 0.2) is 5.51 Å². The molecule has 0 aliphatic carbocycles. The summed E-state index contributed by atoms with van der Waals surface area (Å²) in [5, 5.41) is 0. The summed E-state index contributed by atoms with van der Waals surface area (Å²) in [6, 6.07) is 0. The molecule has 4 nitrogen and oxygen atoms in total. The molecular weight excluding hydrogens is 220 g/mol. The van der Waals surface area contributed by atoms with Crippen LogP contribution in [0.1, 0.15) is 5.69 Å². The zero-order valence-corrected chi connectivity index (χ0v) is 8.63. The zero-order chi connectivity index (χ0) is 9.19. The van der Waals surface area contributed by atoms with Crippen LogP contribution in [0.3, 0.4) is 0 Å². The number of thiazole rings is 1. The van der Waals surface area contributed by atoms with Crippen LogP contribution < -0.4 is 4.72 Å². The average molecular weight is 227 g/mol. The molecule has 7 heteroatoms. The Morgan fingerprint density at radius 2 is 2.42 bits per heavy atom. The van der Waals surface area contributed by atoms with Gasteiger partial charge in [-0.3, -0.25) is 0 Å². The quantitative estimate of drug-likeness (QED) is 0.831. The lowest BCUT2D eigenvalue weighted by Crippen LogP contribution is -2.21. The van der Waals surface area contributed by atoms with Gasteiger partial charge in [0.2, 0.25) is 10.0 Å². The molecule has 1 aromatic rings. The molecule has 0 amide bonds. The number of hydrogen-bond donors (Lipinski definition) is 1. The molecule has 1 N–H and O–H groups in total. The van der Waals surface area contributed by atoms with E-state index in [1.54, 1.807) is 5.51 Å². The summed E-state index contributed by atoms with van der Waals surface area (Å²) in [7, 11) is -3.16. The first-order chi connectivity index (χ1) is 5.49. The highest BCUT2D eigenvalue weighted by Crippen LogP contribution is 2.19. The third kappa shape index (κ3) is 3.06. The Morgan fingerprint density at radius 1 is 1.75 bits per heavy atom. The van der Waals surface area contributed by atoms with Crippen molar-refractivity contribution in [2.75, 3.05) is 6.26 Å². The molecule has 0 aliphatic rings. The number of nitrogens with zero attached hydrogens (tertiary/aromatic N) is 1. The SMILES string of the molecule is CS(=O)(=O)NCc1ncsc1Cl. The molecular formula is C5H7ClN2O2S2. The number of hydrogen-bond acceptors (Lipinski definition) is 4. The van der Waals surface area contributed by atoms with Gasteiger partial charge in [0, 0.05) is 0 Å². The van der Waals surface area contributed by atoms with Gasteiger partial charge in [-0.05, 0) is 0 Å². The Hall–Kier alpha value is -0.170. The smallest absolute Gasteiger partial charge is 0.209 e. The first-order valence-corrected chi connectivity index (χ1v) is 6.16. The van der Waals surface area contributed by atoms with E-state index in [1.165, 1.54) is 11.3 Å². The van der Waals surface area contributed by atoms with Gasteiger partial charge in [0.05, 0.1) is 24.0 Å². The van der Waals surface area contributed by atoms with Gasteiger partial charge in [0.25, 0.3) is 0 Å². The minimum absolute atomic E-state index is 0.154. The van der Waals surface area contributed by atoms with E-state index in [0.717, 1.165) is 6.26 Å². The topological polar surface area (TPSA) is 59.1 Å². The molecule has 68 valence electrons. The molecule has 0 spiro atoms. The molecule has 1 aromatic heterocycles. The molecule has 0 unspecified atom stereocenters. The van der Waals surface area contributed by atoms with Crippen molar-refractivity contribution in [1.82, 2.24) is 9.71 Å². The maximum atomic E-state index is 10.7. The molecule has 0 aromatic carbocycles. The van der Waals surface area contributed by atoms with Crippen LogP contribution in [0.5, 0.6) is 0 Å². The molecule has 0 saturated carbocycles. The highest BCUT2D eigenvalue weighted by atomic mass is 35.5. The molecule has 1 rings (SSSR count). The summed E-state index contributed by atoms with van der Waals surface area (Å²) in [5.74, 6) is 0. The Labute approximate surface area is 79.6 Å². The second-order valence-electron chi connectivity index (χ2n) is 2.17. The van der Waals surface area contributed by atoms with E-state index in [0.29, 0.717) is 10.0 Å². The summed E-state index contributed by atoms with van der Waals surface area (Å²) in [6.45, 7) is 0.154. The van der Waals surface area contributed by atoms with Crippen LogP contribution in [0.25, 0.3) is 0 Å². The number of nitrogens with one attached hydrogen (secondary N) is 1. The molecule has 0 saturated heterocycles. The van der Waals surface area contributed by atoms with E-state index in [9.17, 15) is 8.42 Å². The minimum atomic E-state index is -3.16. The third-order valence-corrected chi connectivity index (χ3v) is 2.90. The standard InChI is InChI=1S/C5H7ClN2O2S2/c1-12(9,10)8-2-4-5(6)11-3-7-4/h3,8H,2H2,1H3. The molecule has 0 fully saturated rings. The molecule has 0 aliphatic heterocycles. The van der Waals surface area contributed by atoms with Gasteiger partial charge in [-0.15, -0.1) is 11.3 Å². The zero-order valence-electron chi connectivity index (χ0n) is 6.24. The normalized spacial score (nSPS) is 11.8. The summed E-state index contributed by atoms with van der Waals surface area (Å²) < 4.78 is 24.1. The number of halogens is 1. The maximum absolute atomic E-state index is 10.7. The van der Waals surface area contributed by atoms with Crippen molar-refractivity contribution < 1.29 is 8.42 Å². The summed E-state index contributed by atoms with van der Waals surface area (Å²) >= 11 is 6.96. The van der Waals surface area contributed by atoms with Crippen LogP contribution in [0, 0.1) is 0 Å². The van der Waals surface area contributed by atoms with E-state index in [1.807, 2.05) is 0 Å². The number of aromatic nitrogens is 1. The largest absolute Gasteiger partial charge is 0.247 e. The lowest BCUT2D eigenvalue weighted by Gasteiger charge is -1.98. The Morgan fingerprint density at radius 3 is 2.83 bits per heavy atom. The van der Waals surface area contributed by atoms with Crippen molar-refractivity contribution in [3.05, 3.63) is 15.5 Å². The first kappa shape index (κ1) is 9.91. The Kier molecular flexibility index (Phi) is 3.05. The second kappa shape index (κ2) is 3.69. The number of rotatable bonds is 3. The first-order valence-electron chi connectivity index (χ1n) is 3.01. The Bertz CT molecular complexity index is 359. The van der Waals surface area contributed by atoms with E-state index >= 15 is 0 Å². The molecule has 12 heavy (non-hydrogen) atoms. The van der Waals surface area contributed by atoms with Crippen molar-refractivity contribution in [1.29, 1.82) is 0 Å². The van der Waals surface area contributed by atoms with Crippen LogP contribution in [0.4, 0.5) is 0 Å². The predicted octanol–water partition coefficient (Wildman–Crippen LogP) is 0.846. The highest BCUT2D eigenvalue weighted by Gasteiger charge is 2.06. The molecule has 0 bridgehead atoms. The van der Waals surface area contributed by atoms with Gasteiger partial charge >= 0.3 is 0 Å². The lowest BCUT2D eigenvalue weighted by molar-refractivity contribution is 0.587. The lowest BCUT2D eigenvalue weighted by atomic mass is 10.5. The molecule has 0 atom stereocenters. The minimum Gasteiger partial charge on any atom is -0.247 e. The molecule has 0 radical (unpaired) electrons. The third-order valence-electron chi connectivity index (χ3n) is 1.09.